The zero-order valence-electron chi connectivity index (χ0n) is 7.67. The van der Waals surface area contributed by atoms with E-state index in [2.05, 4.69) is 15.9 Å². The van der Waals surface area contributed by atoms with Crippen LogP contribution >= 0.6 is 15.9 Å². The fourth-order valence-electron chi connectivity index (χ4n) is 0.889. The first-order valence-corrected chi connectivity index (χ1v) is 6.32. The summed E-state index contributed by atoms with van der Waals surface area (Å²) < 4.78 is 50.0. The molecule has 0 bridgehead atoms. The Bertz CT molecular complexity index is 554. The van der Waals surface area contributed by atoms with Gasteiger partial charge in [0.15, 0.2) is 5.75 Å². The SMILES string of the molecule is N#CCS(=O)(=O)Nc1cc(Br)c(F)cc1F. The molecule has 0 unspecified atom stereocenters. The summed E-state index contributed by atoms with van der Waals surface area (Å²) in [6.07, 6.45) is 0. The first kappa shape index (κ1) is 12.9. The molecular formula is C8H5BrF2N2O2S. The van der Waals surface area contributed by atoms with Crippen LogP contribution in [0, 0.1) is 23.0 Å². The molecule has 1 N–H and O–H groups in total. The molecule has 86 valence electrons. The number of hydrogen-bond donors (Lipinski definition) is 1. The Morgan fingerprint density at radius 1 is 1.38 bits per heavy atom. The van der Waals surface area contributed by atoms with Crippen LogP contribution in [-0.4, -0.2) is 14.2 Å². The Hall–Kier alpha value is -1.20. The molecule has 0 saturated carbocycles. The Balaban J connectivity index is 3.08. The normalized spacial score (nSPS) is 10.9. The molecule has 1 aromatic rings. The third-order valence-electron chi connectivity index (χ3n) is 1.53. The highest BCUT2D eigenvalue weighted by molar-refractivity contribution is 9.10. The lowest BCUT2D eigenvalue weighted by Crippen LogP contribution is -2.16. The van der Waals surface area contributed by atoms with Gasteiger partial charge < -0.3 is 0 Å². The summed E-state index contributed by atoms with van der Waals surface area (Å²) in [5, 5.41) is 8.22. The monoisotopic (exact) mass is 310 g/mol. The van der Waals surface area contributed by atoms with Gasteiger partial charge in [0.2, 0.25) is 10.0 Å². The number of halogens is 3. The summed E-state index contributed by atoms with van der Waals surface area (Å²) in [7, 11) is -3.93. The van der Waals surface area contributed by atoms with Crippen LogP contribution in [-0.2, 0) is 10.0 Å². The molecule has 4 nitrogen and oxygen atoms in total. The fourth-order valence-corrected chi connectivity index (χ4v) is 1.97. The standard InChI is InChI=1S/C8H5BrF2N2O2S/c9-5-3-8(7(11)4-6(5)10)13-16(14,15)2-1-12/h3-4,13H,2H2. The minimum absolute atomic E-state index is 0.0800. The summed E-state index contributed by atoms with van der Waals surface area (Å²) in [5.41, 5.74) is -0.413. The summed E-state index contributed by atoms with van der Waals surface area (Å²) in [4.78, 5) is 0. The Labute approximate surface area is 99.1 Å². The van der Waals surface area contributed by atoms with Gasteiger partial charge >= 0.3 is 0 Å². The molecule has 0 saturated heterocycles. The molecule has 0 aromatic heterocycles. The van der Waals surface area contributed by atoms with Gasteiger partial charge in [0, 0.05) is 6.07 Å². The van der Waals surface area contributed by atoms with E-state index in [-0.39, 0.29) is 4.47 Å². The molecular weight excluding hydrogens is 306 g/mol. The molecule has 1 rings (SSSR count). The first-order valence-electron chi connectivity index (χ1n) is 3.87. The summed E-state index contributed by atoms with van der Waals surface area (Å²) >= 11 is 2.79. The second-order valence-electron chi connectivity index (χ2n) is 2.77. The van der Waals surface area contributed by atoms with Gasteiger partial charge in [-0.3, -0.25) is 4.72 Å². The minimum Gasteiger partial charge on any atom is -0.280 e. The number of nitriles is 1. The molecule has 0 radical (unpaired) electrons. The number of rotatable bonds is 3. The molecule has 1 aromatic carbocycles. The molecule has 0 fully saturated rings. The molecule has 0 atom stereocenters. The van der Waals surface area contributed by atoms with Crippen molar-refractivity contribution in [1.82, 2.24) is 0 Å². The van der Waals surface area contributed by atoms with Crippen molar-refractivity contribution in [3.63, 3.8) is 0 Å². The van der Waals surface area contributed by atoms with E-state index < -0.39 is 33.1 Å². The van der Waals surface area contributed by atoms with E-state index in [1.54, 1.807) is 0 Å². The predicted molar refractivity (Wildman–Crippen MR) is 57.1 cm³/mol. The van der Waals surface area contributed by atoms with E-state index in [1.165, 1.54) is 6.07 Å². The molecule has 0 heterocycles. The number of nitrogens with one attached hydrogen (secondary N) is 1. The highest BCUT2D eigenvalue weighted by atomic mass is 79.9. The first-order chi connectivity index (χ1) is 7.35. The van der Waals surface area contributed by atoms with Gasteiger partial charge in [-0.25, -0.2) is 17.2 Å². The highest BCUT2D eigenvalue weighted by Crippen LogP contribution is 2.24. The largest absolute Gasteiger partial charge is 0.280 e. The Morgan fingerprint density at radius 2 is 2.00 bits per heavy atom. The van der Waals surface area contributed by atoms with Crippen LogP contribution in [0.4, 0.5) is 14.5 Å². The van der Waals surface area contributed by atoms with Gasteiger partial charge in [-0.05, 0) is 22.0 Å². The quantitative estimate of drug-likeness (QED) is 0.868. The van der Waals surface area contributed by atoms with E-state index in [0.29, 0.717) is 6.07 Å². The third kappa shape index (κ3) is 3.15. The third-order valence-corrected chi connectivity index (χ3v) is 3.18. The highest BCUT2D eigenvalue weighted by Gasteiger charge is 2.14. The average molecular weight is 311 g/mol. The van der Waals surface area contributed by atoms with E-state index in [4.69, 9.17) is 5.26 Å². The number of anilines is 1. The van der Waals surface area contributed by atoms with Crippen molar-refractivity contribution in [2.24, 2.45) is 0 Å². The molecule has 0 aliphatic heterocycles. The lowest BCUT2D eigenvalue weighted by Gasteiger charge is -2.07. The smallest absolute Gasteiger partial charge is 0.246 e. The molecule has 0 amide bonds. The van der Waals surface area contributed by atoms with Crippen LogP contribution in [0.1, 0.15) is 0 Å². The van der Waals surface area contributed by atoms with Crippen molar-refractivity contribution in [2.75, 3.05) is 10.5 Å². The zero-order valence-corrected chi connectivity index (χ0v) is 10.1. The van der Waals surface area contributed by atoms with Gasteiger partial charge in [0.1, 0.15) is 11.6 Å². The van der Waals surface area contributed by atoms with E-state index in [1.807, 2.05) is 4.72 Å². The summed E-state index contributed by atoms with van der Waals surface area (Å²) in [5.74, 6) is -2.70. The van der Waals surface area contributed by atoms with Crippen LogP contribution in [0.25, 0.3) is 0 Å². The van der Waals surface area contributed by atoms with Gasteiger partial charge in [-0.15, -0.1) is 0 Å². The van der Waals surface area contributed by atoms with Gasteiger partial charge in [0.05, 0.1) is 16.2 Å². The molecule has 0 aliphatic carbocycles. The van der Waals surface area contributed by atoms with E-state index in [0.717, 1.165) is 6.07 Å². The second-order valence-corrected chi connectivity index (χ2v) is 5.34. The number of sulfonamides is 1. The maximum absolute atomic E-state index is 13.1. The second kappa shape index (κ2) is 4.76. The maximum Gasteiger partial charge on any atom is 0.246 e. The van der Waals surface area contributed by atoms with Gasteiger partial charge in [-0.2, -0.15) is 5.26 Å². The van der Waals surface area contributed by atoms with Crippen molar-refractivity contribution >= 4 is 31.6 Å². The van der Waals surface area contributed by atoms with Gasteiger partial charge in [-0.1, -0.05) is 0 Å². The molecule has 16 heavy (non-hydrogen) atoms. The number of benzene rings is 1. The average Bonchev–Trinajstić information content (AvgIpc) is 2.13. The van der Waals surface area contributed by atoms with Crippen LogP contribution in [0.3, 0.4) is 0 Å². The Kier molecular flexibility index (Phi) is 3.83. The maximum atomic E-state index is 13.1. The van der Waals surface area contributed by atoms with Gasteiger partial charge in [0.25, 0.3) is 0 Å². The molecule has 0 spiro atoms. The minimum atomic E-state index is -3.93. The predicted octanol–water partition coefficient (Wildman–Crippen LogP) is 1.99. The fraction of sp³-hybridized carbons (Fsp3) is 0.125. The Morgan fingerprint density at radius 3 is 2.56 bits per heavy atom. The molecule has 0 aliphatic rings. The van der Waals surface area contributed by atoms with Crippen LogP contribution in [0.2, 0.25) is 0 Å². The van der Waals surface area contributed by atoms with Crippen molar-refractivity contribution in [3.8, 4) is 6.07 Å². The van der Waals surface area contributed by atoms with Crippen LogP contribution in [0.15, 0.2) is 16.6 Å². The number of hydrogen-bond acceptors (Lipinski definition) is 3. The summed E-state index contributed by atoms with van der Waals surface area (Å²) in [6, 6.07) is 2.90. The molecule has 8 heteroatoms. The van der Waals surface area contributed by atoms with Crippen molar-refractivity contribution in [1.29, 1.82) is 5.26 Å². The lowest BCUT2D eigenvalue weighted by atomic mass is 10.3. The van der Waals surface area contributed by atoms with Crippen molar-refractivity contribution in [3.05, 3.63) is 28.2 Å². The van der Waals surface area contributed by atoms with Crippen molar-refractivity contribution in [2.45, 2.75) is 0 Å². The zero-order chi connectivity index (χ0) is 12.3. The summed E-state index contributed by atoms with van der Waals surface area (Å²) in [6.45, 7) is 0. The van der Waals surface area contributed by atoms with Crippen molar-refractivity contribution < 1.29 is 17.2 Å². The van der Waals surface area contributed by atoms with Crippen LogP contribution < -0.4 is 4.72 Å². The lowest BCUT2D eigenvalue weighted by molar-refractivity contribution is 0.579. The van der Waals surface area contributed by atoms with Crippen LogP contribution in [0.5, 0.6) is 0 Å². The van der Waals surface area contributed by atoms with E-state index in [9.17, 15) is 17.2 Å². The number of nitrogens with zero attached hydrogens (tertiary/aromatic N) is 1. The van der Waals surface area contributed by atoms with E-state index >= 15 is 0 Å². The topological polar surface area (TPSA) is 70.0 Å².